The van der Waals surface area contributed by atoms with E-state index in [0.717, 1.165) is 0 Å². The predicted molar refractivity (Wildman–Crippen MR) is 46.5 cm³/mol. The zero-order valence-electron chi connectivity index (χ0n) is 7.08. The lowest BCUT2D eigenvalue weighted by Gasteiger charge is -2.04. The Balaban J connectivity index is 3.59. The van der Waals surface area contributed by atoms with Crippen molar-refractivity contribution in [2.24, 2.45) is 0 Å². The number of carbonyl (C=O) groups is 1. The molecule has 0 saturated heterocycles. The summed E-state index contributed by atoms with van der Waals surface area (Å²) in [6, 6.07) is 1.19. The molecule has 0 aliphatic heterocycles. The van der Waals surface area contributed by atoms with Gasteiger partial charge in [0.15, 0.2) is 11.5 Å². The lowest BCUT2D eigenvalue weighted by Crippen LogP contribution is -2.03. The first kappa shape index (κ1) is 11.3. The molecule has 0 atom stereocenters. The first-order valence-electron chi connectivity index (χ1n) is 3.50. The Kier molecular flexibility index (Phi) is 2.56. The van der Waals surface area contributed by atoms with Gasteiger partial charge in [0, 0.05) is 0 Å². The van der Waals surface area contributed by atoms with Gasteiger partial charge < -0.3 is 15.3 Å². The predicted octanol–water partition coefficient (Wildman–Crippen LogP) is 0.0427. The summed E-state index contributed by atoms with van der Waals surface area (Å²) in [6.07, 6.45) is 0. The van der Waals surface area contributed by atoms with Crippen LogP contribution in [0.5, 0.6) is 11.5 Å². The van der Waals surface area contributed by atoms with Crippen molar-refractivity contribution in [3.05, 3.63) is 17.7 Å². The van der Waals surface area contributed by atoms with Crippen molar-refractivity contribution in [1.29, 1.82) is 0 Å². The lowest BCUT2D eigenvalue weighted by atomic mass is 10.2. The van der Waals surface area contributed by atoms with E-state index in [9.17, 15) is 13.2 Å². The lowest BCUT2D eigenvalue weighted by molar-refractivity contribution is 0.0696. The molecule has 0 bridgehead atoms. The van der Waals surface area contributed by atoms with E-state index in [0.29, 0.717) is 12.1 Å². The number of aromatic carboxylic acids is 1. The van der Waals surface area contributed by atoms with Gasteiger partial charge in [-0.1, -0.05) is 0 Å². The Bertz CT molecular complexity index is 516. The van der Waals surface area contributed by atoms with Crippen molar-refractivity contribution in [2.45, 2.75) is 4.90 Å². The summed E-state index contributed by atoms with van der Waals surface area (Å²) in [7, 11) is -4.79. The molecule has 0 fully saturated rings. The van der Waals surface area contributed by atoms with Crippen molar-refractivity contribution in [3.63, 3.8) is 0 Å². The Hall–Kier alpha value is -1.80. The van der Waals surface area contributed by atoms with E-state index < -0.39 is 38.0 Å². The normalized spacial score (nSPS) is 11.3. The number of rotatable bonds is 2. The number of benzene rings is 1. The van der Waals surface area contributed by atoms with Gasteiger partial charge in [-0.05, 0) is 12.1 Å². The van der Waals surface area contributed by atoms with E-state index in [1.54, 1.807) is 0 Å². The fourth-order valence-corrected chi connectivity index (χ4v) is 1.54. The largest absolute Gasteiger partial charge is 0.504 e. The van der Waals surface area contributed by atoms with Crippen LogP contribution in [-0.2, 0) is 10.1 Å². The molecule has 4 N–H and O–H groups in total. The summed E-state index contributed by atoms with van der Waals surface area (Å²) in [5.41, 5.74) is -0.571. The molecule has 1 rings (SSSR count). The van der Waals surface area contributed by atoms with Crippen LogP contribution < -0.4 is 0 Å². The van der Waals surface area contributed by atoms with Crippen molar-refractivity contribution >= 4 is 16.1 Å². The second kappa shape index (κ2) is 3.41. The summed E-state index contributed by atoms with van der Waals surface area (Å²) < 4.78 is 30.0. The van der Waals surface area contributed by atoms with Crippen LogP contribution in [0.4, 0.5) is 0 Å². The number of phenolic OH excluding ortho intramolecular Hbond substituents is 2. The Morgan fingerprint density at radius 3 is 2.13 bits per heavy atom. The SMILES string of the molecule is O=C(O)c1cc(O)c(O)c(S(=O)(=O)O)c1. The van der Waals surface area contributed by atoms with Gasteiger partial charge in [0.2, 0.25) is 0 Å². The fourth-order valence-electron chi connectivity index (χ4n) is 0.913. The number of hydrogen-bond acceptors (Lipinski definition) is 5. The minimum absolute atomic E-state index is 0.534. The minimum atomic E-state index is -4.79. The van der Waals surface area contributed by atoms with Gasteiger partial charge >= 0.3 is 5.97 Å². The monoisotopic (exact) mass is 234 g/mol. The van der Waals surface area contributed by atoms with Gasteiger partial charge in [0.1, 0.15) is 4.90 Å². The maximum atomic E-state index is 10.7. The van der Waals surface area contributed by atoms with Gasteiger partial charge in [-0.25, -0.2) is 4.79 Å². The second-order valence-corrected chi connectivity index (χ2v) is 4.01. The van der Waals surface area contributed by atoms with Crippen LogP contribution in [0.3, 0.4) is 0 Å². The molecule has 0 saturated carbocycles. The quantitative estimate of drug-likeness (QED) is 0.419. The smallest absolute Gasteiger partial charge is 0.335 e. The van der Waals surface area contributed by atoms with Crippen LogP contribution in [0.25, 0.3) is 0 Å². The Labute approximate surface area is 84.0 Å². The van der Waals surface area contributed by atoms with Crippen molar-refractivity contribution in [1.82, 2.24) is 0 Å². The van der Waals surface area contributed by atoms with Crippen molar-refractivity contribution in [2.75, 3.05) is 0 Å². The molecule has 0 unspecified atom stereocenters. The van der Waals surface area contributed by atoms with Crippen LogP contribution >= 0.6 is 0 Å². The molecule has 0 aliphatic rings. The van der Waals surface area contributed by atoms with Crippen molar-refractivity contribution in [3.8, 4) is 11.5 Å². The number of carboxylic acid groups (broad SMARTS) is 1. The topological polar surface area (TPSA) is 132 Å². The van der Waals surface area contributed by atoms with Gasteiger partial charge in [-0.15, -0.1) is 0 Å². The molecule has 15 heavy (non-hydrogen) atoms. The standard InChI is InChI=1S/C7H6O7S/c8-4-1-3(7(10)11)2-5(6(4)9)15(12,13)14/h1-2,8-9H,(H,10,11)(H,12,13,14). The van der Waals surface area contributed by atoms with Gasteiger partial charge in [-0.2, -0.15) is 8.42 Å². The highest BCUT2D eigenvalue weighted by molar-refractivity contribution is 7.86. The molecule has 0 aliphatic carbocycles. The van der Waals surface area contributed by atoms with Crippen LogP contribution in [0.2, 0.25) is 0 Å². The number of hydrogen-bond donors (Lipinski definition) is 4. The van der Waals surface area contributed by atoms with E-state index in [-0.39, 0.29) is 0 Å². The average Bonchev–Trinajstić information content (AvgIpc) is 2.06. The molecule has 1 aromatic rings. The van der Waals surface area contributed by atoms with Crippen LogP contribution in [0.1, 0.15) is 10.4 Å². The maximum Gasteiger partial charge on any atom is 0.335 e. The fraction of sp³-hybridized carbons (Fsp3) is 0. The second-order valence-electron chi connectivity index (χ2n) is 2.62. The van der Waals surface area contributed by atoms with Crippen molar-refractivity contribution < 1.29 is 33.1 Å². The number of phenols is 2. The first-order chi connectivity index (χ1) is 6.73. The minimum Gasteiger partial charge on any atom is -0.504 e. The first-order valence-corrected chi connectivity index (χ1v) is 4.94. The third kappa shape index (κ3) is 2.17. The molecule has 1 aromatic carbocycles. The molecule has 8 heteroatoms. The van der Waals surface area contributed by atoms with E-state index in [1.165, 1.54) is 0 Å². The summed E-state index contributed by atoms with van der Waals surface area (Å²) in [5.74, 6) is -3.54. The highest BCUT2D eigenvalue weighted by atomic mass is 32.2. The highest BCUT2D eigenvalue weighted by Gasteiger charge is 2.21. The molecule has 0 amide bonds. The third-order valence-corrected chi connectivity index (χ3v) is 2.45. The van der Waals surface area contributed by atoms with E-state index in [2.05, 4.69) is 0 Å². The highest BCUT2D eigenvalue weighted by Crippen LogP contribution is 2.33. The van der Waals surface area contributed by atoms with Crippen LogP contribution in [0, 0.1) is 0 Å². The Morgan fingerprint density at radius 1 is 1.20 bits per heavy atom. The summed E-state index contributed by atoms with van der Waals surface area (Å²) >= 11 is 0. The third-order valence-electron chi connectivity index (χ3n) is 1.58. The molecular weight excluding hydrogens is 228 g/mol. The zero-order valence-corrected chi connectivity index (χ0v) is 7.89. The molecule has 82 valence electrons. The van der Waals surface area contributed by atoms with Crippen LogP contribution in [0.15, 0.2) is 17.0 Å². The molecule has 0 spiro atoms. The summed E-state index contributed by atoms with van der Waals surface area (Å²) in [4.78, 5) is 9.42. The van der Waals surface area contributed by atoms with E-state index >= 15 is 0 Å². The molecule has 0 radical (unpaired) electrons. The van der Waals surface area contributed by atoms with E-state index in [4.69, 9.17) is 19.9 Å². The van der Waals surface area contributed by atoms with Crippen LogP contribution in [-0.4, -0.2) is 34.3 Å². The molecule has 7 nitrogen and oxygen atoms in total. The molecule has 0 aromatic heterocycles. The van der Waals surface area contributed by atoms with Gasteiger partial charge in [0.05, 0.1) is 5.56 Å². The average molecular weight is 234 g/mol. The van der Waals surface area contributed by atoms with Gasteiger partial charge in [0.25, 0.3) is 10.1 Å². The molecule has 0 heterocycles. The summed E-state index contributed by atoms with van der Waals surface area (Å²) in [5, 5.41) is 26.6. The van der Waals surface area contributed by atoms with E-state index in [1.807, 2.05) is 0 Å². The maximum absolute atomic E-state index is 10.7. The summed E-state index contributed by atoms with van der Waals surface area (Å²) in [6.45, 7) is 0. The Morgan fingerprint density at radius 2 is 1.73 bits per heavy atom. The van der Waals surface area contributed by atoms with Gasteiger partial charge in [-0.3, -0.25) is 4.55 Å². The number of carboxylic acids is 1. The zero-order chi connectivity index (χ0) is 11.8. The number of aromatic hydroxyl groups is 2. The molecular formula is C7H6O7S.